The Kier molecular flexibility index (Phi) is 14.6. The van der Waals surface area contributed by atoms with Gasteiger partial charge in [-0.3, -0.25) is 23.7 Å². The Bertz CT molecular complexity index is 1250. The number of amides is 2. The van der Waals surface area contributed by atoms with Gasteiger partial charge < -0.3 is 20.6 Å². The second-order valence-electron chi connectivity index (χ2n) is 8.55. The van der Waals surface area contributed by atoms with E-state index in [0.29, 0.717) is 18.4 Å². The molecule has 0 saturated carbocycles. The summed E-state index contributed by atoms with van der Waals surface area (Å²) in [6.07, 6.45) is 2.68. The first-order chi connectivity index (χ1) is 18.7. The van der Waals surface area contributed by atoms with Crippen molar-refractivity contribution in [2.45, 2.75) is 54.0 Å². The minimum Gasteiger partial charge on any atom is -0.481 e. The van der Waals surface area contributed by atoms with Crippen molar-refractivity contribution in [3.8, 4) is 0 Å². The van der Waals surface area contributed by atoms with Crippen molar-refractivity contribution in [3.63, 3.8) is 0 Å². The number of aryl methyl sites for hydroxylation is 3. The number of aromatic nitrogens is 2. The van der Waals surface area contributed by atoms with Crippen molar-refractivity contribution in [2.24, 2.45) is 5.73 Å². The van der Waals surface area contributed by atoms with Gasteiger partial charge in [-0.1, -0.05) is 43.7 Å². The fraction of sp³-hybridized carbons (Fsp3) is 0.414. The van der Waals surface area contributed by atoms with Crippen LogP contribution in [0.1, 0.15) is 45.2 Å². The van der Waals surface area contributed by atoms with Crippen LogP contribution in [0.3, 0.4) is 0 Å². The molecule has 10 nitrogen and oxygen atoms in total. The zero-order chi connectivity index (χ0) is 29.4. The molecule has 0 aliphatic carbocycles. The number of benzene rings is 2. The first kappa shape index (κ1) is 32.8. The van der Waals surface area contributed by atoms with E-state index in [1.807, 2.05) is 75.1 Å². The molecule has 0 spiro atoms. The summed E-state index contributed by atoms with van der Waals surface area (Å²) < 4.78 is 1.61. The third-order valence-corrected chi connectivity index (χ3v) is 5.99. The third-order valence-electron chi connectivity index (χ3n) is 5.99. The SMILES string of the molecule is CC.CCn1cnc2ccc(N3CCN(C(C)=O)CC3)cc2c1=O.Cc1ccc(CCC(=O)O)cc1.NC=O. The minimum absolute atomic E-state index is 0.00304. The molecule has 0 atom stereocenters. The van der Waals surface area contributed by atoms with Gasteiger partial charge >= 0.3 is 5.97 Å². The van der Waals surface area contributed by atoms with Gasteiger partial charge in [-0.05, 0) is 44.0 Å². The number of carboxylic acid groups (broad SMARTS) is 1. The molecule has 39 heavy (non-hydrogen) atoms. The monoisotopic (exact) mass is 539 g/mol. The second kappa shape index (κ2) is 17.3. The maximum Gasteiger partial charge on any atom is 0.303 e. The lowest BCUT2D eigenvalue weighted by molar-refractivity contribution is -0.137. The number of anilines is 1. The lowest BCUT2D eigenvalue weighted by Crippen LogP contribution is -2.48. The Hall–Kier alpha value is -4.21. The number of aliphatic carboxylic acids is 1. The first-order valence-electron chi connectivity index (χ1n) is 13.1. The van der Waals surface area contributed by atoms with E-state index < -0.39 is 5.97 Å². The Labute approximate surface area is 230 Å². The Morgan fingerprint density at radius 1 is 1.05 bits per heavy atom. The van der Waals surface area contributed by atoms with Gasteiger partial charge in [0.1, 0.15) is 0 Å². The summed E-state index contributed by atoms with van der Waals surface area (Å²) in [5, 5.41) is 9.08. The van der Waals surface area contributed by atoms with Crippen LogP contribution in [0.4, 0.5) is 5.69 Å². The number of carbonyl (C=O) groups excluding carboxylic acids is 2. The maximum atomic E-state index is 12.4. The number of nitrogens with zero attached hydrogens (tertiary/aromatic N) is 4. The fourth-order valence-electron chi connectivity index (χ4n) is 3.85. The Morgan fingerprint density at radius 2 is 1.64 bits per heavy atom. The van der Waals surface area contributed by atoms with Crippen LogP contribution in [0, 0.1) is 6.92 Å². The Morgan fingerprint density at radius 3 is 2.15 bits per heavy atom. The zero-order valence-electron chi connectivity index (χ0n) is 23.6. The molecule has 2 amide bonds. The number of piperazine rings is 1. The van der Waals surface area contributed by atoms with Crippen molar-refractivity contribution in [1.82, 2.24) is 14.5 Å². The number of primary amides is 1. The van der Waals surface area contributed by atoms with Gasteiger partial charge in [0.05, 0.1) is 17.2 Å². The highest BCUT2D eigenvalue weighted by Crippen LogP contribution is 2.20. The van der Waals surface area contributed by atoms with Gasteiger partial charge in [-0.15, -0.1) is 0 Å². The molecule has 1 aliphatic heterocycles. The number of hydrogen-bond donors (Lipinski definition) is 2. The standard InChI is InChI=1S/C16H20N4O2.C10H12O2.C2H6.CH3NO/c1-3-18-11-17-15-5-4-13(10-14(15)16(18)22)20-8-6-19(7-9-20)12(2)21;1-8-2-4-9(5-3-8)6-7-10(11)12;1-2;2-1-3/h4-5,10-11H,3,6-9H2,1-2H3;2-5H,6-7H2,1H3,(H,11,12);1-2H3;1H,(H2,2,3). The van der Waals surface area contributed by atoms with E-state index >= 15 is 0 Å². The number of fused-ring (bicyclic) bond motifs is 1. The molecule has 1 saturated heterocycles. The van der Waals surface area contributed by atoms with E-state index in [1.165, 1.54) is 5.56 Å². The average molecular weight is 540 g/mol. The molecule has 0 bridgehead atoms. The zero-order valence-corrected chi connectivity index (χ0v) is 23.6. The van der Waals surface area contributed by atoms with Crippen molar-refractivity contribution in [2.75, 3.05) is 31.1 Å². The van der Waals surface area contributed by atoms with Crippen molar-refractivity contribution >= 4 is 34.9 Å². The van der Waals surface area contributed by atoms with Crippen molar-refractivity contribution in [3.05, 3.63) is 70.3 Å². The van der Waals surface area contributed by atoms with Crippen LogP contribution >= 0.6 is 0 Å². The predicted octanol–water partition coefficient (Wildman–Crippen LogP) is 3.22. The van der Waals surface area contributed by atoms with Gasteiger partial charge in [-0.25, -0.2) is 4.98 Å². The second-order valence-corrected chi connectivity index (χ2v) is 8.55. The van der Waals surface area contributed by atoms with Crippen LogP contribution in [0.15, 0.2) is 53.6 Å². The number of carboxylic acids is 1. The predicted molar refractivity (Wildman–Crippen MR) is 155 cm³/mol. The number of hydrogen-bond acceptors (Lipinski definition) is 6. The van der Waals surface area contributed by atoms with Crippen molar-refractivity contribution < 1.29 is 19.5 Å². The summed E-state index contributed by atoms with van der Waals surface area (Å²) in [5.74, 6) is -0.622. The summed E-state index contributed by atoms with van der Waals surface area (Å²) in [5.41, 5.74) is 8.19. The average Bonchev–Trinajstić information content (AvgIpc) is 2.95. The molecular weight excluding hydrogens is 498 g/mol. The summed E-state index contributed by atoms with van der Waals surface area (Å²) in [6, 6.07) is 13.7. The highest BCUT2D eigenvalue weighted by Gasteiger charge is 2.19. The lowest BCUT2D eigenvalue weighted by atomic mass is 10.1. The van der Waals surface area contributed by atoms with Gasteiger partial charge in [0, 0.05) is 51.8 Å². The minimum atomic E-state index is -0.740. The van der Waals surface area contributed by atoms with Crippen molar-refractivity contribution in [1.29, 1.82) is 0 Å². The smallest absolute Gasteiger partial charge is 0.303 e. The molecule has 3 N–H and O–H groups in total. The molecule has 1 aliphatic rings. The van der Waals surface area contributed by atoms with Crippen LogP contribution in [0.2, 0.25) is 0 Å². The summed E-state index contributed by atoms with van der Waals surface area (Å²) in [6.45, 7) is 13.2. The molecule has 2 heterocycles. The molecule has 0 radical (unpaired) electrons. The van der Waals surface area contributed by atoms with Gasteiger partial charge in [0.15, 0.2) is 0 Å². The van der Waals surface area contributed by atoms with Crippen LogP contribution in [-0.2, 0) is 27.3 Å². The number of carbonyl (C=O) groups is 3. The highest BCUT2D eigenvalue weighted by molar-refractivity contribution is 5.81. The normalized spacial score (nSPS) is 12.1. The number of nitrogens with two attached hydrogens (primary N) is 1. The Balaban J connectivity index is 0.000000378. The van der Waals surface area contributed by atoms with Gasteiger partial charge in [-0.2, -0.15) is 0 Å². The van der Waals surface area contributed by atoms with Crippen LogP contribution < -0.4 is 16.2 Å². The van der Waals surface area contributed by atoms with E-state index in [-0.39, 0.29) is 24.3 Å². The van der Waals surface area contributed by atoms with E-state index in [0.717, 1.165) is 42.9 Å². The number of rotatable bonds is 5. The summed E-state index contributed by atoms with van der Waals surface area (Å²) in [4.78, 5) is 51.0. The summed E-state index contributed by atoms with van der Waals surface area (Å²) in [7, 11) is 0. The molecule has 1 fully saturated rings. The van der Waals surface area contributed by atoms with E-state index in [2.05, 4.69) is 15.6 Å². The van der Waals surface area contributed by atoms with E-state index in [1.54, 1.807) is 17.8 Å². The topological polar surface area (TPSA) is 139 Å². The molecular formula is C29H41N5O5. The fourth-order valence-corrected chi connectivity index (χ4v) is 3.85. The molecule has 10 heteroatoms. The quantitative estimate of drug-likeness (QED) is 0.475. The summed E-state index contributed by atoms with van der Waals surface area (Å²) >= 11 is 0. The van der Waals surface area contributed by atoms with E-state index in [9.17, 15) is 14.4 Å². The molecule has 4 rings (SSSR count). The van der Waals surface area contributed by atoms with Crippen LogP contribution in [-0.4, -0.2) is 64.0 Å². The molecule has 2 aromatic carbocycles. The lowest BCUT2D eigenvalue weighted by Gasteiger charge is -2.35. The third kappa shape index (κ3) is 10.6. The van der Waals surface area contributed by atoms with Crippen LogP contribution in [0.5, 0.6) is 0 Å². The van der Waals surface area contributed by atoms with E-state index in [4.69, 9.17) is 9.90 Å². The van der Waals surface area contributed by atoms with Gasteiger partial charge in [0.25, 0.3) is 5.56 Å². The molecule has 212 valence electrons. The molecule has 0 unspecified atom stereocenters. The maximum absolute atomic E-state index is 12.4. The molecule has 3 aromatic rings. The molecule has 1 aromatic heterocycles. The van der Waals surface area contributed by atoms with Crippen LogP contribution in [0.25, 0.3) is 10.9 Å². The first-order valence-corrected chi connectivity index (χ1v) is 13.1. The largest absolute Gasteiger partial charge is 0.481 e. The van der Waals surface area contributed by atoms with Gasteiger partial charge in [0.2, 0.25) is 12.3 Å². The highest BCUT2D eigenvalue weighted by atomic mass is 16.4.